The fraction of sp³-hybridized carbons (Fsp3) is 1.00. The van der Waals surface area contributed by atoms with E-state index in [0.717, 1.165) is 32.5 Å². The van der Waals surface area contributed by atoms with Gasteiger partial charge in [-0.2, -0.15) is 0 Å². The molecule has 0 aromatic heterocycles. The fourth-order valence-electron chi connectivity index (χ4n) is 1.93. The monoisotopic (exact) mass is 260 g/mol. The molecule has 1 heterocycles. The third-order valence-corrected chi connectivity index (χ3v) is 2.90. The molecule has 3 N–H and O–H groups in total. The third kappa shape index (κ3) is 11.0. The number of hydrogen-bond donors (Lipinski definition) is 3. The molecule has 1 aliphatic rings. The highest BCUT2D eigenvalue weighted by Crippen LogP contribution is 2.08. The van der Waals surface area contributed by atoms with Crippen LogP contribution in [-0.4, -0.2) is 36.9 Å². The maximum Gasteiger partial charge on any atom is 0.0705 e. The maximum atomic E-state index is 9.54. The molecule has 1 aliphatic heterocycles. The van der Waals surface area contributed by atoms with Gasteiger partial charge in [0.1, 0.15) is 0 Å². The lowest BCUT2D eigenvalue weighted by Crippen LogP contribution is -2.33. The van der Waals surface area contributed by atoms with Crippen molar-refractivity contribution in [3.05, 3.63) is 0 Å². The minimum atomic E-state index is -0.118. The number of aliphatic hydroxyl groups is 1. The second-order valence-electron chi connectivity index (χ2n) is 4.16. The zero-order chi connectivity index (χ0) is 14.2. The van der Waals surface area contributed by atoms with Crippen LogP contribution in [0.1, 0.15) is 66.7 Å². The van der Waals surface area contributed by atoms with Crippen LogP contribution < -0.4 is 10.6 Å². The van der Waals surface area contributed by atoms with Gasteiger partial charge >= 0.3 is 0 Å². The maximum absolute atomic E-state index is 9.54. The van der Waals surface area contributed by atoms with Crippen molar-refractivity contribution >= 4 is 0 Å². The lowest BCUT2D eigenvalue weighted by Gasteiger charge is -2.14. The Morgan fingerprint density at radius 1 is 1.11 bits per heavy atom. The van der Waals surface area contributed by atoms with Gasteiger partial charge in [-0.1, -0.05) is 47.5 Å². The van der Waals surface area contributed by atoms with Gasteiger partial charge in [-0.3, -0.25) is 0 Å². The number of aliphatic hydroxyl groups excluding tert-OH is 1. The van der Waals surface area contributed by atoms with E-state index in [-0.39, 0.29) is 6.10 Å². The van der Waals surface area contributed by atoms with Crippen LogP contribution in [0, 0.1) is 0 Å². The van der Waals surface area contributed by atoms with Crippen LogP contribution >= 0.6 is 0 Å². The first-order valence-corrected chi connectivity index (χ1v) is 7.96. The lowest BCUT2D eigenvalue weighted by molar-refractivity contribution is 0.155. The van der Waals surface area contributed by atoms with Gasteiger partial charge in [-0.15, -0.1) is 0 Å². The molecule has 112 valence electrons. The molecule has 0 spiro atoms. The highest BCUT2D eigenvalue weighted by molar-refractivity contribution is 4.83. The number of nitrogens with one attached hydrogen (secondary N) is 2. The second-order valence-corrected chi connectivity index (χ2v) is 4.16. The molecule has 3 nitrogen and oxygen atoms in total. The van der Waals surface area contributed by atoms with Crippen molar-refractivity contribution in [2.24, 2.45) is 0 Å². The molecule has 0 aromatic rings. The van der Waals surface area contributed by atoms with Crippen molar-refractivity contribution in [3.8, 4) is 0 Å². The fourth-order valence-corrected chi connectivity index (χ4v) is 1.93. The number of unbranched alkanes of at least 4 members (excludes halogenated alkanes) is 2. The Hall–Kier alpha value is -0.120. The van der Waals surface area contributed by atoms with Crippen molar-refractivity contribution in [3.63, 3.8) is 0 Å². The van der Waals surface area contributed by atoms with Gasteiger partial charge in [-0.25, -0.2) is 0 Å². The van der Waals surface area contributed by atoms with Crippen molar-refractivity contribution in [1.29, 1.82) is 0 Å². The molecule has 2 unspecified atom stereocenters. The van der Waals surface area contributed by atoms with Crippen LogP contribution in [0.3, 0.4) is 0 Å². The summed E-state index contributed by atoms with van der Waals surface area (Å²) in [6.07, 6.45) is 5.72. The summed E-state index contributed by atoms with van der Waals surface area (Å²) in [5.74, 6) is 0. The summed E-state index contributed by atoms with van der Waals surface area (Å²) in [7, 11) is 0. The largest absolute Gasteiger partial charge is 0.391 e. The first kappa shape index (κ1) is 20.2. The Labute approximate surface area is 115 Å². The van der Waals surface area contributed by atoms with E-state index in [0.29, 0.717) is 6.04 Å². The van der Waals surface area contributed by atoms with Gasteiger partial charge in [0.2, 0.25) is 0 Å². The van der Waals surface area contributed by atoms with Gasteiger partial charge in [0.15, 0.2) is 0 Å². The van der Waals surface area contributed by atoms with E-state index in [9.17, 15) is 5.11 Å². The topological polar surface area (TPSA) is 44.3 Å². The van der Waals surface area contributed by atoms with E-state index in [1.54, 1.807) is 0 Å². The Morgan fingerprint density at radius 2 is 1.78 bits per heavy atom. The van der Waals surface area contributed by atoms with Crippen LogP contribution in [-0.2, 0) is 0 Å². The molecular formula is C15H36N2O. The van der Waals surface area contributed by atoms with Gasteiger partial charge in [-0.05, 0) is 38.9 Å². The Balaban J connectivity index is 0. The van der Waals surface area contributed by atoms with E-state index in [2.05, 4.69) is 17.6 Å². The Morgan fingerprint density at radius 3 is 2.28 bits per heavy atom. The molecule has 18 heavy (non-hydrogen) atoms. The van der Waals surface area contributed by atoms with E-state index < -0.39 is 0 Å². The highest BCUT2D eigenvalue weighted by atomic mass is 16.3. The van der Waals surface area contributed by atoms with Crippen molar-refractivity contribution in [2.75, 3.05) is 19.6 Å². The Bertz CT molecular complexity index is 142. The van der Waals surface area contributed by atoms with E-state index >= 15 is 0 Å². The minimum Gasteiger partial charge on any atom is -0.391 e. The normalized spacial score (nSPS) is 21.7. The summed E-state index contributed by atoms with van der Waals surface area (Å²) in [5, 5.41) is 16.3. The standard InChI is InChI=1S/C11H24N2O.2C2H6/c1-2-3-4-7-12-8-5-10-11(14)6-9-13-10;2*1-2/h10-14H,2-9H2,1H3;2*1-2H3. The van der Waals surface area contributed by atoms with E-state index in [4.69, 9.17) is 0 Å². The van der Waals surface area contributed by atoms with Crippen LogP contribution in [0.4, 0.5) is 0 Å². The molecule has 2 atom stereocenters. The number of rotatable bonds is 7. The molecule has 0 amide bonds. The highest BCUT2D eigenvalue weighted by Gasteiger charge is 2.23. The first-order valence-electron chi connectivity index (χ1n) is 7.96. The minimum absolute atomic E-state index is 0.118. The molecular weight excluding hydrogens is 224 g/mol. The molecule has 0 aliphatic carbocycles. The van der Waals surface area contributed by atoms with Crippen LogP contribution in [0.25, 0.3) is 0 Å². The molecule has 0 radical (unpaired) electrons. The predicted octanol–water partition coefficient (Wildman–Crippen LogP) is 2.93. The first-order chi connectivity index (χ1) is 8.84. The molecule has 0 aromatic carbocycles. The van der Waals surface area contributed by atoms with Crippen molar-refractivity contribution in [1.82, 2.24) is 10.6 Å². The summed E-state index contributed by atoms with van der Waals surface area (Å²) >= 11 is 0. The molecule has 0 saturated carbocycles. The molecule has 1 saturated heterocycles. The van der Waals surface area contributed by atoms with Gasteiger partial charge in [0.25, 0.3) is 0 Å². The average molecular weight is 260 g/mol. The molecule has 0 bridgehead atoms. The molecule has 1 fully saturated rings. The average Bonchev–Trinajstić information content (AvgIpc) is 2.84. The van der Waals surface area contributed by atoms with Gasteiger partial charge in [0, 0.05) is 6.04 Å². The third-order valence-electron chi connectivity index (χ3n) is 2.90. The summed E-state index contributed by atoms with van der Waals surface area (Å²) in [5.41, 5.74) is 0. The SMILES string of the molecule is CC.CC.CCCCCNCCC1NCCC1O. The summed E-state index contributed by atoms with van der Waals surface area (Å²) in [4.78, 5) is 0. The zero-order valence-electron chi connectivity index (χ0n) is 13.3. The lowest BCUT2D eigenvalue weighted by atomic mass is 10.1. The predicted molar refractivity (Wildman–Crippen MR) is 82.1 cm³/mol. The summed E-state index contributed by atoms with van der Waals surface area (Å²) < 4.78 is 0. The van der Waals surface area contributed by atoms with Gasteiger partial charge < -0.3 is 15.7 Å². The van der Waals surface area contributed by atoms with Crippen molar-refractivity contribution < 1.29 is 5.11 Å². The smallest absolute Gasteiger partial charge is 0.0705 e. The van der Waals surface area contributed by atoms with E-state index in [1.165, 1.54) is 19.3 Å². The Kier molecular flexibility index (Phi) is 18.9. The summed E-state index contributed by atoms with van der Waals surface area (Å²) in [6.45, 7) is 13.3. The van der Waals surface area contributed by atoms with Crippen molar-refractivity contribution in [2.45, 2.75) is 78.9 Å². The second kappa shape index (κ2) is 16.9. The summed E-state index contributed by atoms with van der Waals surface area (Å²) in [6, 6.07) is 0.327. The quantitative estimate of drug-likeness (QED) is 0.617. The zero-order valence-corrected chi connectivity index (χ0v) is 13.3. The number of hydrogen-bond acceptors (Lipinski definition) is 3. The molecule has 1 rings (SSSR count). The van der Waals surface area contributed by atoms with Gasteiger partial charge in [0.05, 0.1) is 6.10 Å². The molecule has 3 heteroatoms. The van der Waals surface area contributed by atoms with E-state index in [1.807, 2.05) is 27.7 Å². The van der Waals surface area contributed by atoms with Crippen LogP contribution in [0.5, 0.6) is 0 Å². The van der Waals surface area contributed by atoms with Crippen LogP contribution in [0.2, 0.25) is 0 Å². The van der Waals surface area contributed by atoms with Crippen LogP contribution in [0.15, 0.2) is 0 Å².